The van der Waals surface area contributed by atoms with Crippen LogP contribution < -0.4 is 5.32 Å². The van der Waals surface area contributed by atoms with E-state index >= 15 is 0 Å². The van der Waals surface area contributed by atoms with Gasteiger partial charge in [-0.25, -0.2) is 0 Å². The molecule has 2 heterocycles. The molecule has 2 aliphatic rings. The fraction of sp³-hybridized carbons (Fsp3) is 1.00. The molecule has 1 N–H and O–H groups in total. The second-order valence-corrected chi connectivity index (χ2v) is 3.44. The monoisotopic (exact) mass is 156 g/mol. The molecule has 64 valence electrons. The molecule has 0 aromatic rings. The van der Waals surface area contributed by atoms with Crippen molar-refractivity contribution >= 4 is 0 Å². The highest BCUT2D eigenvalue weighted by molar-refractivity contribution is 4.91. The first-order valence-electron chi connectivity index (χ1n) is 4.40. The number of hydrogen-bond donors (Lipinski definition) is 1. The number of likely N-dealkylation sites (tertiary alicyclic amines) is 1. The minimum absolute atomic E-state index is 0.553. The molecular formula is C8H16N2O. The molecule has 11 heavy (non-hydrogen) atoms. The first-order valence-corrected chi connectivity index (χ1v) is 4.40. The van der Waals surface area contributed by atoms with Crippen molar-refractivity contribution < 1.29 is 4.74 Å². The summed E-state index contributed by atoms with van der Waals surface area (Å²) in [7, 11) is 2.00. The standard InChI is InChI=1S/C8H16N2O/c1-9-2-3-10-5-8-4-7(10)6-11-8/h7-9H,2-6H2,1H3. The zero-order valence-corrected chi connectivity index (χ0v) is 7.05. The van der Waals surface area contributed by atoms with E-state index in [1.807, 2.05) is 7.05 Å². The fourth-order valence-electron chi connectivity index (χ4n) is 2.01. The van der Waals surface area contributed by atoms with Crippen LogP contribution in [-0.4, -0.2) is 50.3 Å². The Morgan fingerprint density at radius 1 is 1.64 bits per heavy atom. The third-order valence-electron chi connectivity index (χ3n) is 2.66. The van der Waals surface area contributed by atoms with Crippen LogP contribution in [0.2, 0.25) is 0 Å². The van der Waals surface area contributed by atoms with Crippen molar-refractivity contribution in [2.24, 2.45) is 0 Å². The molecule has 2 rings (SSSR count). The summed E-state index contributed by atoms with van der Waals surface area (Å²) in [5.74, 6) is 0. The van der Waals surface area contributed by atoms with E-state index < -0.39 is 0 Å². The summed E-state index contributed by atoms with van der Waals surface area (Å²) in [4.78, 5) is 2.53. The van der Waals surface area contributed by atoms with E-state index in [2.05, 4.69) is 10.2 Å². The van der Waals surface area contributed by atoms with Gasteiger partial charge in [-0.3, -0.25) is 4.90 Å². The minimum atomic E-state index is 0.553. The maximum absolute atomic E-state index is 5.50. The molecule has 0 radical (unpaired) electrons. The van der Waals surface area contributed by atoms with Crippen LogP contribution in [0.5, 0.6) is 0 Å². The largest absolute Gasteiger partial charge is 0.375 e. The van der Waals surface area contributed by atoms with E-state index in [-0.39, 0.29) is 0 Å². The van der Waals surface area contributed by atoms with Gasteiger partial charge in [-0.1, -0.05) is 0 Å². The number of hydrogen-bond acceptors (Lipinski definition) is 3. The zero-order chi connectivity index (χ0) is 7.68. The van der Waals surface area contributed by atoms with E-state index in [0.29, 0.717) is 6.10 Å². The van der Waals surface area contributed by atoms with E-state index in [0.717, 1.165) is 25.7 Å². The summed E-state index contributed by atoms with van der Waals surface area (Å²) >= 11 is 0. The topological polar surface area (TPSA) is 24.5 Å². The Kier molecular flexibility index (Phi) is 2.11. The highest BCUT2D eigenvalue weighted by Gasteiger charge is 2.38. The molecule has 2 atom stereocenters. The van der Waals surface area contributed by atoms with Crippen LogP contribution >= 0.6 is 0 Å². The third kappa shape index (κ3) is 1.41. The number of rotatable bonds is 3. The number of nitrogens with zero attached hydrogens (tertiary/aromatic N) is 1. The van der Waals surface area contributed by atoms with Gasteiger partial charge in [0.25, 0.3) is 0 Å². The Bertz CT molecular complexity index is 140. The van der Waals surface area contributed by atoms with E-state index in [1.165, 1.54) is 13.0 Å². The van der Waals surface area contributed by atoms with Crippen molar-refractivity contribution in [1.29, 1.82) is 0 Å². The van der Waals surface area contributed by atoms with Crippen LogP contribution in [0, 0.1) is 0 Å². The minimum Gasteiger partial charge on any atom is -0.375 e. The van der Waals surface area contributed by atoms with Gasteiger partial charge < -0.3 is 10.1 Å². The second-order valence-electron chi connectivity index (χ2n) is 3.44. The SMILES string of the molecule is CNCCN1CC2CC1CO2. The van der Waals surface area contributed by atoms with Gasteiger partial charge >= 0.3 is 0 Å². The van der Waals surface area contributed by atoms with Gasteiger partial charge in [0.2, 0.25) is 0 Å². The molecule has 3 nitrogen and oxygen atoms in total. The molecule has 0 aromatic carbocycles. The number of ether oxygens (including phenoxy) is 1. The lowest BCUT2D eigenvalue weighted by Crippen LogP contribution is -2.40. The zero-order valence-electron chi connectivity index (χ0n) is 7.05. The predicted molar refractivity (Wildman–Crippen MR) is 43.6 cm³/mol. The number of likely N-dealkylation sites (N-methyl/N-ethyl adjacent to an activating group) is 1. The average Bonchev–Trinajstić information content (AvgIpc) is 2.60. The predicted octanol–water partition coefficient (Wildman–Crippen LogP) is -0.321. The summed E-state index contributed by atoms with van der Waals surface area (Å²) in [6, 6.07) is 0.730. The summed E-state index contributed by atoms with van der Waals surface area (Å²) in [6.45, 7) is 4.41. The van der Waals surface area contributed by atoms with Crippen molar-refractivity contribution in [2.75, 3.05) is 33.3 Å². The van der Waals surface area contributed by atoms with Gasteiger partial charge in [0.15, 0.2) is 0 Å². The highest BCUT2D eigenvalue weighted by atomic mass is 16.5. The Balaban J connectivity index is 1.78. The summed E-state index contributed by atoms with van der Waals surface area (Å²) < 4.78 is 5.50. The molecule has 3 heteroatoms. The van der Waals surface area contributed by atoms with Crippen molar-refractivity contribution in [3.8, 4) is 0 Å². The Morgan fingerprint density at radius 3 is 3.09 bits per heavy atom. The fourth-order valence-corrected chi connectivity index (χ4v) is 2.01. The maximum atomic E-state index is 5.50. The highest BCUT2D eigenvalue weighted by Crippen LogP contribution is 2.26. The molecular weight excluding hydrogens is 140 g/mol. The van der Waals surface area contributed by atoms with Crippen LogP contribution in [0.3, 0.4) is 0 Å². The quantitative estimate of drug-likeness (QED) is 0.606. The molecule has 0 amide bonds. The van der Waals surface area contributed by atoms with Gasteiger partial charge in [-0.2, -0.15) is 0 Å². The van der Waals surface area contributed by atoms with Gasteiger partial charge in [-0.15, -0.1) is 0 Å². The molecule has 0 aliphatic carbocycles. The van der Waals surface area contributed by atoms with Crippen LogP contribution in [0.15, 0.2) is 0 Å². The van der Waals surface area contributed by atoms with Crippen LogP contribution in [0.25, 0.3) is 0 Å². The number of morpholine rings is 1. The van der Waals surface area contributed by atoms with Crippen molar-refractivity contribution in [3.63, 3.8) is 0 Å². The van der Waals surface area contributed by atoms with Gasteiger partial charge in [0.05, 0.1) is 12.7 Å². The van der Waals surface area contributed by atoms with E-state index in [1.54, 1.807) is 0 Å². The van der Waals surface area contributed by atoms with E-state index in [4.69, 9.17) is 4.74 Å². The first-order chi connectivity index (χ1) is 5.40. The molecule has 2 fully saturated rings. The van der Waals surface area contributed by atoms with Gasteiger partial charge in [0, 0.05) is 25.7 Å². The summed E-state index contributed by atoms with van der Waals surface area (Å²) in [6.07, 6.45) is 1.82. The lowest BCUT2D eigenvalue weighted by Gasteiger charge is -2.26. The smallest absolute Gasteiger partial charge is 0.0718 e. The van der Waals surface area contributed by atoms with Crippen LogP contribution in [0.1, 0.15) is 6.42 Å². The molecule has 2 unspecified atom stereocenters. The third-order valence-corrected chi connectivity index (χ3v) is 2.66. The number of nitrogens with one attached hydrogen (secondary N) is 1. The number of fused-ring (bicyclic) bond motifs is 2. The van der Waals surface area contributed by atoms with Crippen molar-refractivity contribution in [3.05, 3.63) is 0 Å². The van der Waals surface area contributed by atoms with Crippen LogP contribution in [0.4, 0.5) is 0 Å². The Labute approximate surface area is 67.7 Å². The van der Waals surface area contributed by atoms with Crippen molar-refractivity contribution in [2.45, 2.75) is 18.6 Å². The normalized spacial score (nSPS) is 36.8. The molecule has 2 saturated heterocycles. The molecule has 2 aliphatic heterocycles. The Morgan fingerprint density at radius 2 is 2.55 bits per heavy atom. The van der Waals surface area contributed by atoms with Crippen molar-refractivity contribution in [1.82, 2.24) is 10.2 Å². The lowest BCUT2D eigenvalue weighted by atomic mass is 10.2. The van der Waals surface area contributed by atoms with E-state index in [9.17, 15) is 0 Å². The first kappa shape index (κ1) is 7.53. The van der Waals surface area contributed by atoms with Gasteiger partial charge in [-0.05, 0) is 13.5 Å². The summed E-state index contributed by atoms with van der Waals surface area (Å²) in [5, 5.41) is 3.17. The summed E-state index contributed by atoms with van der Waals surface area (Å²) in [5.41, 5.74) is 0. The molecule has 0 aromatic heterocycles. The lowest BCUT2D eigenvalue weighted by molar-refractivity contribution is 0.0313. The van der Waals surface area contributed by atoms with Gasteiger partial charge in [0.1, 0.15) is 0 Å². The average molecular weight is 156 g/mol. The van der Waals surface area contributed by atoms with Crippen LogP contribution in [-0.2, 0) is 4.74 Å². The Hall–Kier alpha value is -0.120. The molecule has 0 saturated carbocycles. The maximum Gasteiger partial charge on any atom is 0.0718 e. The molecule has 0 spiro atoms. The molecule has 2 bridgehead atoms. The second kappa shape index (κ2) is 3.09.